The number of rotatable bonds is 2. The fraction of sp³-hybridized carbons (Fsp3) is 0.533. The summed E-state index contributed by atoms with van der Waals surface area (Å²) in [5, 5.41) is 0. The minimum atomic E-state index is 0.348. The van der Waals surface area contributed by atoms with E-state index in [2.05, 4.69) is 41.0 Å². The van der Waals surface area contributed by atoms with Gasteiger partial charge < -0.3 is 9.80 Å². The highest BCUT2D eigenvalue weighted by molar-refractivity contribution is 5.81. The van der Waals surface area contributed by atoms with Crippen molar-refractivity contribution in [1.82, 2.24) is 4.90 Å². The van der Waals surface area contributed by atoms with Crippen molar-refractivity contribution in [1.29, 1.82) is 0 Å². The summed E-state index contributed by atoms with van der Waals surface area (Å²) in [5.74, 6) is 0.732. The molecular weight excluding hydrogens is 224 g/mol. The number of benzene rings is 1. The largest absolute Gasteiger partial charge is 0.365 e. The standard InChI is InChI=1S/C15H20N2O/c1-12-11-16(15(18)13-7-8-13)9-10-17(12)14-5-3-2-4-6-14/h2-6,12-13H,7-11H2,1H3. The Balaban J connectivity index is 1.66. The van der Waals surface area contributed by atoms with Crippen molar-refractivity contribution in [2.75, 3.05) is 24.5 Å². The Morgan fingerprint density at radius 3 is 2.50 bits per heavy atom. The maximum Gasteiger partial charge on any atom is 0.225 e. The van der Waals surface area contributed by atoms with Crippen LogP contribution in [0.25, 0.3) is 0 Å². The average Bonchev–Trinajstić information content (AvgIpc) is 3.23. The van der Waals surface area contributed by atoms with E-state index >= 15 is 0 Å². The molecule has 0 N–H and O–H groups in total. The molecule has 0 aromatic heterocycles. The van der Waals surface area contributed by atoms with Crippen LogP contribution in [0.15, 0.2) is 30.3 Å². The van der Waals surface area contributed by atoms with Crippen LogP contribution >= 0.6 is 0 Å². The second-order valence-electron chi connectivity index (χ2n) is 5.44. The molecule has 2 aliphatic rings. The minimum Gasteiger partial charge on any atom is -0.365 e. The zero-order valence-corrected chi connectivity index (χ0v) is 10.9. The normalized spacial score (nSPS) is 24.2. The summed E-state index contributed by atoms with van der Waals surface area (Å²) < 4.78 is 0. The summed E-state index contributed by atoms with van der Waals surface area (Å²) >= 11 is 0. The molecule has 1 saturated heterocycles. The van der Waals surface area contributed by atoms with Gasteiger partial charge in [0, 0.05) is 37.3 Å². The quantitative estimate of drug-likeness (QED) is 0.795. The Morgan fingerprint density at radius 1 is 1.17 bits per heavy atom. The molecule has 1 amide bonds. The van der Waals surface area contributed by atoms with Crippen LogP contribution in [0.2, 0.25) is 0 Å². The number of hydrogen-bond donors (Lipinski definition) is 0. The van der Waals surface area contributed by atoms with Gasteiger partial charge in [0.15, 0.2) is 0 Å². The number of nitrogens with zero attached hydrogens (tertiary/aromatic N) is 2. The average molecular weight is 244 g/mol. The Hall–Kier alpha value is -1.51. The highest BCUT2D eigenvalue weighted by Gasteiger charge is 2.36. The van der Waals surface area contributed by atoms with E-state index in [4.69, 9.17) is 0 Å². The van der Waals surface area contributed by atoms with Crippen LogP contribution in [0, 0.1) is 5.92 Å². The lowest BCUT2D eigenvalue weighted by molar-refractivity contribution is -0.133. The summed E-state index contributed by atoms with van der Waals surface area (Å²) in [4.78, 5) is 16.5. The van der Waals surface area contributed by atoms with Gasteiger partial charge in [-0.2, -0.15) is 0 Å². The van der Waals surface area contributed by atoms with Crippen molar-refractivity contribution in [2.24, 2.45) is 5.92 Å². The lowest BCUT2D eigenvalue weighted by Gasteiger charge is -2.41. The molecule has 0 radical (unpaired) electrons. The van der Waals surface area contributed by atoms with Gasteiger partial charge in [0.2, 0.25) is 5.91 Å². The highest BCUT2D eigenvalue weighted by atomic mass is 16.2. The zero-order chi connectivity index (χ0) is 12.5. The van der Waals surface area contributed by atoms with E-state index in [9.17, 15) is 4.79 Å². The van der Waals surface area contributed by atoms with Gasteiger partial charge in [-0.05, 0) is 31.9 Å². The fourth-order valence-electron chi connectivity index (χ4n) is 2.75. The Labute approximate surface area is 108 Å². The molecule has 18 heavy (non-hydrogen) atoms. The third-order valence-electron chi connectivity index (χ3n) is 3.95. The topological polar surface area (TPSA) is 23.6 Å². The second kappa shape index (κ2) is 4.63. The van der Waals surface area contributed by atoms with E-state index in [0.29, 0.717) is 17.9 Å². The van der Waals surface area contributed by atoms with Crippen molar-refractivity contribution in [3.05, 3.63) is 30.3 Å². The van der Waals surface area contributed by atoms with Crippen molar-refractivity contribution in [3.63, 3.8) is 0 Å². The van der Waals surface area contributed by atoms with Crippen molar-refractivity contribution in [2.45, 2.75) is 25.8 Å². The van der Waals surface area contributed by atoms with Crippen molar-refractivity contribution in [3.8, 4) is 0 Å². The van der Waals surface area contributed by atoms with Crippen LogP contribution in [0.1, 0.15) is 19.8 Å². The smallest absolute Gasteiger partial charge is 0.225 e. The molecule has 3 nitrogen and oxygen atoms in total. The van der Waals surface area contributed by atoms with E-state index in [-0.39, 0.29) is 0 Å². The minimum absolute atomic E-state index is 0.348. The number of carbonyl (C=O) groups excluding carboxylic acids is 1. The molecule has 3 rings (SSSR count). The molecule has 1 aromatic carbocycles. The third-order valence-corrected chi connectivity index (χ3v) is 3.95. The van der Waals surface area contributed by atoms with E-state index < -0.39 is 0 Å². The van der Waals surface area contributed by atoms with Crippen molar-refractivity contribution >= 4 is 11.6 Å². The van der Waals surface area contributed by atoms with E-state index in [1.165, 1.54) is 5.69 Å². The van der Waals surface area contributed by atoms with Crippen LogP contribution in [-0.4, -0.2) is 36.5 Å². The summed E-state index contributed by atoms with van der Waals surface area (Å²) in [6.45, 7) is 4.89. The highest BCUT2D eigenvalue weighted by Crippen LogP contribution is 2.32. The second-order valence-corrected chi connectivity index (χ2v) is 5.44. The van der Waals surface area contributed by atoms with Crippen LogP contribution in [-0.2, 0) is 4.79 Å². The zero-order valence-electron chi connectivity index (χ0n) is 10.9. The molecule has 1 aliphatic heterocycles. The van der Waals surface area contributed by atoms with Crippen molar-refractivity contribution < 1.29 is 4.79 Å². The molecular formula is C15H20N2O. The third kappa shape index (κ3) is 2.22. The van der Waals surface area contributed by atoms with Gasteiger partial charge in [-0.3, -0.25) is 4.79 Å². The van der Waals surface area contributed by atoms with Crippen LogP contribution < -0.4 is 4.90 Å². The summed E-state index contributed by atoms with van der Waals surface area (Å²) in [7, 11) is 0. The first-order valence-corrected chi connectivity index (χ1v) is 6.86. The lowest BCUT2D eigenvalue weighted by Crippen LogP contribution is -2.54. The van der Waals surface area contributed by atoms with Gasteiger partial charge in [0.1, 0.15) is 0 Å². The van der Waals surface area contributed by atoms with Gasteiger partial charge in [0.05, 0.1) is 0 Å². The number of amides is 1. The van der Waals surface area contributed by atoms with E-state index in [1.54, 1.807) is 0 Å². The Kier molecular flexibility index (Phi) is 2.98. The Morgan fingerprint density at radius 2 is 1.89 bits per heavy atom. The molecule has 96 valence electrons. The first-order chi connectivity index (χ1) is 8.75. The van der Waals surface area contributed by atoms with Crippen LogP contribution in [0.4, 0.5) is 5.69 Å². The van der Waals surface area contributed by atoms with Gasteiger partial charge in [-0.25, -0.2) is 0 Å². The molecule has 2 fully saturated rings. The predicted octanol–water partition coefficient (Wildman–Crippen LogP) is 2.13. The monoisotopic (exact) mass is 244 g/mol. The molecule has 1 saturated carbocycles. The van der Waals surface area contributed by atoms with Crippen LogP contribution in [0.5, 0.6) is 0 Å². The summed E-state index contributed by atoms with van der Waals surface area (Å²) in [5.41, 5.74) is 1.27. The van der Waals surface area contributed by atoms with Crippen LogP contribution in [0.3, 0.4) is 0 Å². The summed E-state index contributed by atoms with van der Waals surface area (Å²) in [6, 6.07) is 10.9. The van der Waals surface area contributed by atoms with E-state index in [1.807, 2.05) is 6.07 Å². The number of para-hydroxylation sites is 1. The number of hydrogen-bond acceptors (Lipinski definition) is 2. The maximum absolute atomic E-state index is 12.1. The van der Waals surface area contributed by atoms with Gasteiger partial charge >= 0.3 is 0 Å². The molecule has 0 bridgehead atoms. The molecule has 1 aromatic rings. The number of carbonyl (C=O) groups is 1. The SMILES string of the molecule is CC1CN(C(=O)C2CC2)CCN1c1ccccc1. The fourth-order valence-corrected chi connectivity index (χ4v) is 2.75. The van der Waals surface area contributed by atoms with E-state index in [0.717, 1.165) is 32.5 Å². The molecule has 1 atom stereocenters. The lowest BCUT2D eigenvalue weighted by atomic mass is 10.1. The Bertz CT molecular complexity index is 427. The molecule has 0 spiro atoms. The van der Waals surface area contributed by atoms with Gasteiger partial charge in [-0.15, -0.1) is 0 Å². The summed E-state index contributed by atoms with van der Waals surface area (Å²) in [6.07, 6.45) is 2.21. The van der Waals surface area contributed by atoms with Gasteiger partial charge in [0.25, 0.3) is 0 Å². The molecule has 3 heteroatoms. The molecule has 1 heterocycles. The number of piperazine rings is 1. The maximum atomic E-state index is 12.1. The number of anilines is 1. The first-order valence-electron chi connectivity index (χ1n) is 6.86. The van der Waals surface area contributed by atoms with Gasteiger partial charge in [-0.1, -0.05) is 18.2 Å². The molecule has 1 aliphatic carbocycles. The molecule has 1 unspecified atom stereocenters. The predicted molar refractivity (Wildman–Crippen MR) is 72.6 cm³/mol. The first kappa shape index (κ1) is 11.6.